The fraction of sp³-hybridized carbons (Fsp3) is 0.265. The molecule has 44 heavy (non-hydrogen) atoms. The SMILES string of the molecule is CC(=O)c1ccc(-c2cncc3[nH]c(-c4n[nH]c5cnc(C(/C=C(\C=C(C)C)NC(=O)C6CCCCC6)=C/N)cc45)cc23)s1. The number of aromatic nitrogens is 5. The second-order valence-corrected chi connectivity index (χ2v) is 12.6. The van der Waals surface area contributed by atoms with Gasteiger partial charge >= 0.3 is 0 Å². The number of fused-ring (bicyclic) bond motifs is 2. The van der Waals surface area contributed by atoms with E-state index in [1.807, 2.05) is 50.4 Å². The van der Waals surface area contributed by atoms with Crippen molar-refractivity contribution >= 4 is 50.4 Å². The standard InChI is InChI=1S/C34H35N7O2S/c1-19(2)11-23(38-34(43)21-7-5-4-6-8-21)12-22(15-35)27-14-25-30(18-37-27)40-41-33(25)28-13-24-26(16-36-17-29(24)39-28)32-10-9-31(44-32)20(3)42/h9-18,21,39H,4-8,35H2,1-3H3,(H,38,43)(H,40,41)/b22-15+,23-12+. The van der Waals surface area contributed by atoms with E-state index in [1.54, 1.807) is 19.3 Å². The van der Waals surface area contributed by atoms with Crippen molar-refractivity contribution in [2.24, 2.45) is 11.7 Å². The van der Waals surface area contributed by atoms with Crippen molar-refractivity contribution in [1.29, 1.82) is 0 Å². The first-order valence-electron chi connectivity index (χ1n) is 14.8. The van der Waals surface area contributed by atoms with Crippen LogP contribution in [0.3, 0.4) is 0 Å². The Bertz CT molecular complexity index is 1960. The molecule has 5 aromatic heterocycles. The molecule has 5 heterocycles. The number of carbonyl (C=O) groups is 2. The molecule has 1 amide bonds. The van der Waals surface area contributed by atoms with Gasteiger partial charge in [0, 0.05) is 50.8 Å². The predicted molar refractivity (Wildman–Crippen MR) is 177 cm³/mol. The second-order valence-electron chi connectivity index (χ2n) is 11.5. The lowest BCUT2D eigenvalue weighted by atomic mass is 9.88. The monoisotopic (exact) mass is 605 g/mol. The van der Waals surface area contributed by atoms with Gasteiger partial charge in [-0.2, -0.15) is 5.10 Å². The molecular formula is C34H35N7O2S. The summed E-state index contributed by atoms with van der Waals surface area (Å²) in [6.45, 7) is 5.57. The van der Waals surface area contributed by atoms with Crippen molar-refractivity contribution in [1.82, 2.24) is 30.5 Å². The largest absolute Gasteiger partial charge is 0.404 e. The summed E-state index contributed by atoms with van der Waals surface area (Å²) in [6.07, 6.45) is 15.9. The molecule has 0 unspecified atom stereocenters. The second kappa shape index (κ2) is 12.4. The maximum atomic E-state index is 13.1. The summed E-state index contributed by atoms with van der Waals surface area (Å²) in [5, 5.41) is 12.7. The van der Waals surface area contributed by atoms with Gasteiger partial charge in [0.05, 0.1) is 39.7 Å². The first kappa shape index (κ1) is 29.3. The van der Waals surface area contributed by atoms with Gasteiger partial charge in [-0.05, 0) is 70.0 Å². The van der Waals surface area contributed by atoms with E-state index in [2.05, 4.69) is 36.5 Å². The molecule has 0 bridgehead atoms. The topological polar surface area (TPSA) is 142 Å². The van der Waals surface area contributed by atoms with Gasteiger partial charge in [0.25, 0.3) is 0 Å². The van der Waals surface area contributed by atoms with Crippen LogP contribution in [0.15, 0.2) is 72.5 Å². The maximum absolute atomic E-state index is 13.1. The van der Waals surface area contributed by atoms with Crippen molar-refractivity contribution in [3.8, 4) is 21.8 Å². The van der Waals surface area contributed by atoms with E-state index in [1.165, 1.54) is 24.0 Å². The van der Waals surface area contributed by atoms with Crippen molar-refractivity contribution in [3.63, 3.8) is 0 Å². The molecule has 0 saturated heterocycles. The van der Waals surface area contributed by atoms with E-state index >= 15 is 0 Å². The molecule has 1 aliphatic rings. The molecule has 0 spiro atoms. The number of hydrogen-bond donors (Lipinski definition) is 4. The Kier molecular flexibility index (Phi) is 8.25. The smallest absolute Gasteiger partial charge is 0.227 e. The molecule has 5 aromatic rings. The summed E-state index contributed by atoms with van der Waals surface area (Å²) in [7, 11) is 0. The van der Waals surface area contributed by atoms with Gasteiger partial charge in [-0.15, -0.1) is 11.3 Å². The number of ketones is 1. The summed E-state index contributed by atoms with van der Waals surface area (Å²) in [5.41, 5.74) is 13.4. The molecule has 5 N–H and O–H groups in total. The van der Waals surface area contributed by atoms with E-state index < -0.39 is 0 Å². The number of rotatable bonds is 8. The highest BCUT2D eigenvalue weighted by Gasteiger charge is 2.22. The van der Waals surface area contributed by atoms with E-state index in [4.69, 9.17) is 5.73 Å². The molecule has 6 rings (SSSR count). The van der Waals surface area contributed by atoms with E-state index in [0.29, 0.717) is 21.8 Å². The lowest BCUT2D eigenvalue weighted by Gasteiger charge is -2.21. The average Bonchev–Trinajstić information content (AvgIpc) is 3.77. The van der Waals surface area contributed by atoms with Crippen LogP contribution in [0.4, 0.5) is 0 Å². The molecule has 9 nitrogen and oxygen atoms in total. The van der Waals surface area contributed by atoms with Crippen molar-refractivity contribution in [2.45, 2.75) is 52.9 Å². The van der Waals surface area contributed by atoms with Crippen LogP contribution < -0.4 is 11.1 Å². The highest BCUT2D eigenvalue weighted by Crippen LogP contribution is 2.36. The van der Waals surface area contributed by atoms with Crippen LogP contribution in [0.2, 0.25) is 0 Å². The minimum Gasteiger partial charge on any atom is -0.404 e. The van der Waals surface area contributed by atoms with Gasteiger partial charge < -0.3 is 16.0 Å². The Morgan fingerprint density at radius 2 is 1.82 bits per heavy atom. The van der Waals surface area contributed by atoms with Crippen LogP contribution in [0.25, 0.3) is 49.2 Å². The summed E-state index contributed by atoms with van der Waals surface area (Å²) in [4.78, 5) is 39.2. The zero-order chi connectivity index (χ0) is 30.8. The van der Waals surface area contributed by atoms with Gasteiger partial charge in [-0.25, -0.2) is 0 Å². The molecular weight excluding hydrogens is 570 g/mol. The highest BCUT2D eigenvalue weighted by molar-refractivity contribution is 7.17. The normalized spacial score (nSPS) is 14.7. The number of thiophene rings is 1. The molecule has 1 fully saturated rings. The van der Waals surface area contributed by atoms with Gasteiger partial charge in [-0.1, -0.05) is 24.8 Å². The fourth-order valence-electron chi connectivity index (χ4n) is 5.74. The Morgan fingerprint density at radius 1 is 1.00 bits per heavy atom. The van der Waals surface area contributed by atoms with Gasteiger partial charge in [0.2, 0.25) is 5.91 Å². The summed E-state index contributed by atoms with van der Waals surface area (Å²) in [6, 6.07) is 7.83. The van der Waals surface area contributed by atoms with Crippen LogP contribution in [-0.4, -0.2) is 36.8 Å². The quantitative estimate of drug-likeness (QED) is 0.108. The van der Waals surface area contributed by atoms with Gasteiger partial charge in [-0.3, -0.25) is 24.7 Å². The minimum atomic E-state index is 0.0361. The molecule has 224 valence electrons. The first-order valence-corrected chi connectivity index (χ1v) is 15.6. The third kappa shape index (κ3) is 5.98. The van der Waals surface area contributed by atoms with Crippen molar-refractivity contribution in [2.75, 3.05) is 0 Å². The van der Waals surface area contributed by atoms with Crippen LogP contribution in [-0.2, 0) is 4.79 Å². The van der Waals surface area contributed by atoms with Crippen LogP contribution in [0, 0.1) is 5.92 Å². The molecule has 1 saturated carbocycles. The number of Topliss-reactive ketones (excluding diaryl/α,β-unsaturated/α-hetero) is 1. The summed E-state index contributed by atoms with van der Waals surface area (Å²) < 4.78 is 0. The van der Waals surface area contributed by atoms with Crippen LogP contribution in [0.5, 0.6) is 0 Å². The maximum Gasteiger partial charge on any atom is 0.227 e. The van der Waals surface area contributed by atoms with Gasteiger partial charge in [0.15, 0.2) is 5.78 Å². The van der Waals surface area contributed by atoms with E-state index in [-0.39, 0.29) is 17.6 Å². The molecule has 0 radical (unpaired) electrons. The number of nitrogens with zero attached hydrogens (tertiary/aromatic N) is 3. The number of amides is 1. The summed E-state index contributed by atoms with van der Waals surface area (Å²) in [5.74, 6) is 0.135. The number of carbonyl (C=O) groups excluding carboxylic acids is 2. The third-order valence-corrected chi connectivity index (χ3v) is 9.16. The average molecular weight is 606 g/mol. The number of hydrogen-bond acceptors (Lipinski definition) is 7. The Labute approximate surface area is 259 Å². The number of nitrogens with two attached hydrogens (primary N) is 1. The fourth-order valence-corrected chi connectivity index (χ4v) is 6.66. The van der Waals surface area contributed by atoms with Gasteiger partial charge in [0.1, 0.15) is 5.69 Å². The Morgan fingerprint density at radius 3 is 2.55 bits per heavy atom. The number of aromatic amines is 2. The predicted octanol–water partition coefficient (Wildman–Crippen LogP) is 7.28. The molecule has 1 aliphatic carbocycles. The zero-order valence-electron chi connectivity index (χ0n) is 25.0. The molecule has 0 aliphatic heterocycles. The Balaban J connectivity index is 1.35. The number of pyridine rings is 2. The number of allylic oxidation sites excluding steroid dienone is 4. The van der Waals surface area contributed by atoms with E-state index in [9.17, 15) is 9.59 Å². The molecule has 10 heteroatoms. The zero-order valence-corrected chi connectivity index (χ0v) is 25.8. The highest BCUT2D eigenvalue weighted by atomic mass is 32.1. The first-order chi connectivity index (χ1) is 21.3. The number of nitrogens with one attached hydrogen (secondary N) is 3. The van der Waals surface area contributed by atoms with Crippen molar-refractivity contribution < 1.29 is 9.59 Å². The van der Waals surface area contributed by atoms with Crippen LogP contribution >= 0.6 is 11.3 Å². The van der Waals surface area contributed by atoms with E-state index in [0.717, 1.165) is 74.9 Å². The number of H-pyrrole nitrogens is 2. The third-order valence-electron chi connectivity index (χ3n) is 7.94. The van der Waals surface area contributed by atoms with Crippen LogP contribution in [0.1, 0.15) is 68.2 Å². The Hall–Kier alpha value is -4.83. The minimum absolute atomic E-state index is 0.0361. The lowest BCUT2D eigenvalue weighted by Crippen LogP contribution is -2.31. The van der Waals surface area contributed by atoms with Crippen molar-refractivity contribution in [3.05, 3.63) is 83.0 Å². The molecule has 0 aromatic carbocycles. The molecule has 0 atom stereocenters. The lowest BCUT2D eigenvalue weighted by molar-refractivity contribution is -0.125. The summed E-state index contributed by atoms with van der Waals surface area (Å²) >= 11 is 1.46.